The summed E-state index contributed by atoms with van der Waals surface area (Å²) in [6.07, 6.45) is 0. The lowest BCUT2D eigenvalue weighted by molar-refractivity contribution is 0.892. The number of hydrogen-bond acceptors (Lipinski definition) is 2. The van der Waals surface area contributed by atoms with E-state index in [1.807, 2.05) is 23.6 Å². The van der Waals surface area contributed by atoms with Gasteiger partial charge in [0.1, 0.15) is 0 Å². The van der Waals surface area contributed by atoms with Crippen LogP contribution < -0.4 is 5.73 Å². The number of benzene rings is 1. The molecule has 0 fully saturated rings. The zero-order chi connectivity index (χ0) is 10.8. The van der Waals surface area contributed by atoms with Crippen molar-refractivity contribution in [2.45, 2.75) is 6.04 Å². The SMILES string of the molecule is N[C@H](c1ccc(Br)c(Br)c1)c1cccs1. The molecule has 0 saturated carbocycles. The van der Waals surface area contributed by atoms with Crippen LogP contribution in [0, 0.1) is 0 Å². The van der Waals surface area contributed by atoms with Gasteiger partial charge in [0.25, 0.3) is 0 Å². The van der Waals surface area contributed by atoms with Gasteiger partial charge in [-0.2, -0.15) is 0 Å². The van der Waals surface area contributed by atoms with Crippen LogP contribution in [0.15, 0.2) is 44.7 Å². The first kappa shape index (κ1) is 11.3. The van der Waals surface area contributed by atoms with E-state index in [0.717, 1.165) is 14.5 Å². The summed E-state index contributed by atoms with van der Waals surface area (Å²) < 4.78 is 2.08. The fourth-order valence-corrected chi connectivity index (χ4v) is 2.74. The van der Waals surface area contributed by atoms with Gasteiger partial charge in [-0.05, 0) is 61.0 Å². The largest absolute Gasteiger partial charge is 0.320 e. The van der Waals surface area contributed by atoms with Gasteiger partial charge >= 0.3 is 0 Å². The molecular formula is C11H9Br2NS. The van der Waals surface area contributed by atoms with Crippen molar-refractivity contribution in [2.24, 2.45) is 5.73 Å². The highest BCUT2D eigenvalue weighted by molar-refractivity contribution is 9.13. The molecule has 1 atom stereocenters. The molecular weight excluding hydrogens is 338 g/mol. The van der Waals surface area contributed by atoms with Crippen LogP contribution in [0.5, 0.6) is 0 Å². The van der Waals surface area contributed by atoms with Crippen molar-refractivity contribution in [3.8, 4) is 0 Å². The van der Waals surface area contributed by atoms with Crippen LogP contribution in [0.1, 0.15) is 16.5 Å². The van der Waals surface area contributed by atoms with Gasteiger partial charge in [0.2, 0.25) is 0 Å². The maximum Gasteiger partial charge on any atom is 0.0646 e. The second-order valence-electron chi connectivity index (χ2n) is 3.17. The molecule has 1 aromatic heterocycles. The summed E-state index contributed by atoms with van der Waals surface area (Å²) in [4.78, 5) is 1.18. The van der Waals surface area contributed by atoms with Crippen LogP contribution in [0.25, 0.3) is 0 Å². The Kier molecular flexibility index (Phi) is 3.61. The molecule has 0 unspecified atom stereocenters. The third-order valence-electron chi connectivity index (χ3n) is 2.15. The zero-order valence-corrected chi connectivity index (χ0v) is 11.8. The minimum atomic E-state index is -0.0330. The molecule has 15 heavy (non-hydrogen) atoms. The minimum Gasteiger partial charge on any atom is -0.320 e. The van der Waals surface area contributed by atoms with Crippen molar-refractivity contribution in [1.82, 2.24) is 0 Å². The average molecular weight is 347 g/mol. The monoisotopic (exact) mass is 345 g/mol. The van der Waals surface area contributed by atoms with Gasteiger partial charge < -0.3 is 5.73 Å². The van der Waals surface area contributed by atoms with Crippen LogP contribution in [0.2, 0.25) is 0 Å². The molecule has 2 aromatic rings. The van der Waals surface area contributed by atoms with Crippen LogP contribution >= 0.6 is 43.2 Å². The summed E-state index contributed by atoms with van der Waals surface area (Å²) in [5.74, 6) is 0. The molecule has 0 aliphatic heterocycles. The summed E-state index contributed by atoms with van der Waals surface area (Å²) in [6, 6.07) is 10.1. The summed E-state index contributed by atoms with van der Waals surface area (Å²) >= 11 is 8.60. The van der Waals surface area contributed by atoms with Crippen LogP contribution in [0.4, 0.5) is 0 Å². The van der Waals surface area contributed by atoms with E-state index >= 15 is 0 Å². The number of nitrogens with two attached hydrogens (primary N) is 1. The molecule has 0 amide bonds. The van der Waals surface area contributed by atoms with Crippen LogP contribution in [0.3, 0.4) is 0 Å². The molecule has 0 saturated heterocycles. The fraction of sp³-hybridized carbons (Fsp3) is 0.0909. The molecule has 4 heteroatoms. The lowest BCUT2D eigenvalue weighted by Gasteiger charge is -2.10. The first-order valence-electron chi connectivity index (χ1n) is 4.42. The van der Waals surface area contributed by atoms with Gasteiger partial charge in [-0.15, -0.1) is 11.3 Å². The van der Waals surface area contributed by atoms with E-state index in [2.05, 4.69) is 44.0 Å². The van der Waals surface area contributed by atoms with E-state index in [9.17, 15) is 0 Å². The molecule has 1 heterocycles. The molecule has 1 nitrogen and oxygen atoms in total. The van der Waals surface area contributed by atoms with Crippen molar-refractivity contribution in [3.05, 3.63) is 55.1 Å². The Labute approximate surface area is 110 Å². The van der Waals surface area contributed by atoms with Gasteiger partial charge in [0, 0.05) is 13.8 Å². The first-order chi connectivity index (χ1) is 7.18. The van der Waals surface area contributed by atoms with Gasteiger partial charge in [-0.1, -0.05) is 12.1 Å². The van der Waals surface area contributed by atoms with Gasteiger partial charge in [-0.3, -0.25) is 0 Å². The molecule has 78 valence electrons. The lowest BCUT2D eigenvalue weighted by Crippen LogP contribution is -2.09. The van der Waals surface area contributed by atoms with Crippen molar-refractivity contribution in [3.63, 3.8) is 0 Å². The standard InChI is InChI=1S/C11H9Br2NS/c12-8-4-3-7(6-9(8)13)11(14)10-2-1-5-15-10/h1-6,11H,14H2/t11-/m1/s1. The number of rotatable bonds is 2. The first-order valence-corrected chi connectivity index (χ1v) is 6.89. The number of hydrogen-bond donors (Lipinski definition) is 1. The zero-order valence-electron chi connectivity index (χ0n) is 7.78. The molecule has 0 aliphatic rings. The number of thiophene rings is 1. The maximum absolute atomic E-state index is 6.15. The second kappa shape index (κ2) is 4.78. The Balaban J connectivity index is 2.34. The van der Waals surface area contributed by atoms with Gasteiger partial charge in [0.05, 0.1) is 6.04 Å². The maximum atomic E-state index is 6.15. The van der Waals surface area contributed by atoms with E-state index < -0.39 is 0 Å². The highest BCUT2D eigenvalue weighted by Gasteiger charge is 2.10. The molecule has 0 radical (unpaired) electrons. The molecule has 0 spiro atoms. The topological polar surface area (TPSA) is 26.0 Å². The fourth-order valence-electron chi connectivity index (χ4n) is 1.34. The summed E-state index contributed by atoms with van der Waals surface area (Å²) in [7, 11) is 0. The molecule has 0 bridgehead atoms. The quantitative estimate of drug-likeness (QED) is 0.860. The molecule has 2 rings (SSSR count). The highest BCUT2D eigenvalue weighted by atomic mass is 79.9. The Bertz CT molecular complexity index is 454. The molecule has 2 N–H and O–H groups in total. The van der Waals surface area contributed by atoms with Crippen molar-refractivity contribution in [2.75, 3.05) is 0 Å². The van der Waals surface area contributed by atoms with Gasteiger partial charge in [0.15, 0.2) is 0 Å². The smallest absolute Gasteiger partial charge is 0.0646 e. The van der Waals surface area contributed by atoms with E-state index in [-0.39, 0.29) is 6.04 Å². The average Bonchev–Trinajstić information content (AvgIpc) is 2.74. The van der Waals surface area contributed by atoms with Crippen molar-refractivity contribution >= 4 is 43.2 Å². The third kappa shape index (κ3) is 2.50. The van der Waals surface area contributed by atoms with Crippen LogP contribution in [-0.2, 0) is 0 Å². The van der Waals surface area contributed by atoms with Crippen LogP contribution in [-0.4, -0.2) is 0 Å². The van der Waals surface area contributed by atoms with Gasteiger partial charge in [-0.25, -0.2) is 0 Å². The Morgan fingerprint density at radius 1 is 1.13 bits per heavy atom. The predicted molar refractivity (Wildman–Crippen MR) is 72.2 cm³/mol. The van der Waals surface area contributed by atoms with Crippen molar-refractivity contribution in [1.29, 1.82) is 0 Å². The Hall–Kier alpha value is -0.160. The summed E-state index contributed by atoms with van der Waals surface area (Å²) in [5, 5.41) is 2.04. The summed E-state index contributed by atoms with van der Waals surface area (Å²) in [6.45, 7) is 0. The predicted octanol–water partition coefficient (Wildman–Crippen LogP) is 4.32. The molecule has 1 aromatic carbocycles. The molecule has 0 aliphatic carbocycles. The summed E-state index contributed by atoms with van der Waals surface area (Å²) in [5.41, 5.74) is 7.27. The third-order valence-corrected chi connectivity index (χ3v) is 4.99. The Morgan fingerprint density at radius 3 is 2.53 bits per heavy atom. The number of halogens is 2. The minimum absolute atomic E-state index is 0.0330. The normalized spacial score (nSPS) is 12.7. The second-order valence-corrected chi connectivity index (χ2v) is 5.85. The lowest BCUT2D eigenvalue weighted by atomic mass is 10.1. The van der Waals surface area contributed by atoms with Crippen molar-refractivity contribution < 1.29 is 0 Å². The van der Waals surface area contributed by atoms with E-state index in [4.69, 9.17) is 5.73 Å². The highest BCUT2D eigenvalue weighted by Crippen LogP contribution is 2.29. The Morgan fingerprint density at radius 2 is 1.93 bits per heavy atom. The van der Waals surface area contributed by atoms with E-state index in [1.54, 1.807) is 11.3 Å². The van der Waals surface area contributed by atoms with E-state index in [1.165, 1.54) is 4.88 Å². The van der Waals surface area contributed by atoms with E-state index in [0.29, 0.717) is 0 Å².